The number of nitrogens with zero attached hydrogens (tertiary/aromatic N) is 4. The number of fused-ring (bicyclic) bond motifs is 1. The third-order valence-corrected chi connectivity index (χ3v) is 14.3. The van der Waals surface area contributed by atoms with Crippen LogP contribution < -0.4 is 10.0 Å². The van der Waals surface area contributed by atoms with Gasteiger partial charge >= 0.3 is 0 Å². The van der Waals surface area contributed by atoms with E-state index < -0.39 is 43.8 Å². The standard InChI is InChI=1S/C37H41ClN6O7S3/c1-3-44(29-11-7-23(8-12-29)36(47)41-53(2,48)49)54(50,51)30-6-4-5-24(19-30)35(46)40-37-33(31-17-18-42(27-15-16-27)22-32(31)52-37)34(45)25-20-39-43(21-25)28-13-9-26(38)10-14-28/h4-6,9-10,13-14,19-21,23,27,29H,3,7-8,11-12,15-18,22H2,1-2H3,(H,40,46)(H,41,47). The van der Waals surface area contributed by atoms with Gasteiger partial charge in [-0.3, -0.25) is 24.0 Å². The number of halogens is 1. The van der Waals surface area contributed by atoms with Crippen LogP contribution in [0.15, 0.2) is 65.8 Å². The Kier molecular flexibility index (Phi) is 10.9. The first-order chi connectivity index (χ1) is 25.7. The second-order valence-corrected chi connectivity index (χ2v) is 19.3. The number of ketones is 1. The van der Waals surface area contributed by atoms with Crippen LogP contribution in [0.1, 0.15) is 82.2 Å². The molecule has 0 spiro atoms. The number of carbonyl (C=O) groups excluding carboxylic acids is 3. The zero-order valence-electron chi connectivity index (χ0n) is 29.8. The van der Waals surface area contributed by atoms with E-state index in [4.69, 9.17) is 11.6 Å². The highest BCUT2D eigenvalue weighted by molar-refractivity contribution is 7.89. The molecular formula is C37H41ClN6O7S3. The van der Waals surface area contributed by atoms with E-state index in [0.29, 0.717) is 65.8 Å². The van der Waals surface area contributed by atoms with Crippen molar-refractivity contribution in [1.29, 1.82) is 0 Å². The molecule has 286 valence electrons. The van der Waals surface area contributed by atoms with Crippen LogP contribution in [-0.4, -0.2) is 84.8 Å². The van der Waals surface area contributed by atoms with Crippen LogP contribution in [0.4, 0.5) is 5.00 Å². The largest absolute Gasteiger partial charge is 0.313 e. The zero-order chi connectivity index (χ0) is 38.4. The average Bonchev–Trinajstić information content (AvgIpc) is 3.76. The lowest BCUT2D eigenvalue weighted by Gasteiger charge is -2.35. The van der Waals surface area contributed by atoms with Crippen LogP contribution in [-0.2, 0) is 37.8 Å². The molecule has 2 aromatic carbocycles. The van der Waals surface area contributed by atoms with Gasteiger partial charge < -0.3 is 5.32 Å². The summed E-state index contributed by atoms with van der Waals surface area (Å²) in [5.41, 5.74) is 2.56. The molecule has 0 saturated heterocycles. The van der Waals surface area contributed by atoms with Gasteiger partial charge in [-0.2, -0.15) is 9.40 Å². The number of sulfonamides is 2. The van der Waals surface area contributed by atoms with Crippen molar-refractivity contribution in [2.75, 3.05) is 24.7 Å². The van der Waals surface area contributed by atoms with E-state index in [9.17, 15) is 31.2 Å². The number of hydrogen-bond donors (Lipinski definition) is 2. The first kappa shape index (κ1) is 38.3. The van der Waals surface area contributed by atoms with Gasteiger partial charge in [-0.05, 0) is 93.0 Å². The fraction of sp³-hybridized carbons (Fsp3) is 0.405. The van der Waals surface area contributed by atoms with Crippen molar-refractivity contribution in [2.45, 2.75) is 75.4 Å². The predicted molar refractivity (Wildman–Crippen MR) is 206 cm³/mol. The summed E-state index contributed by atoms with van der Waals surface area (Å²) < 4.78 is 56.1. The summed E-state index contributed by atoms with van der Waals surface area (Å²) in [7, 11) is -7.75. The summed E-state index contributed by atoms with van der Waals surface area (Å²) >= 11 is 7.44. The number of anilines is 1. The molecule has 54 heavy (non-hydrogen) atoms. The van der Waals surface area contributed by atoms with E-state index in [-0.39, 0.29) is 22.8 Å². The molecule has 0 bridgehead atoms. The summed E-state index contributed by atoms with van der Waals surface area (Å²) in [5, 5.41) is 8.37. The summed E-state index contributed by atoms with van der Waals surface area (Å²) in [6.07, 6.45) is 8.50. The lowest BCUT2D eigenvalue weighted by molar-refractivity contribution is -0.124. The Morgan fingerprint density at radius 3 is 2.37 bits per heavy atom. The van der Waals surface area contributed by atoms with Crippen LogP contribution >= 0.6 is 22.9 Å². The maximum absolute atomic E-state index is 14.2. The first-order valence-corrected chi connectivity index (χ1v) is 22.4. The first-order valence-electron chi connectivity index (χ1n) is 17.9. The van der Waals surface area contributed by atoms with E-state index in [2.05, 4.69) is 15.3 Å². The van der Waals surface area contributed by atoms with E-state index in [1.54, 1.807) is 42.1 Å². The van der Waals surface area contributed by atoms with Crippen LogP contribution in [0.5, 0.6) is 0 Å². The SMILES string of the molecule is CCN(C1CCC(C(=O)NS(C)(=O)=O)CC1)S(=O)(=O)c1cccc(C(=O)Nc2sc3c(c2C(=O)c2cnn(-c4ccc(Cl)cc4)c2)CCN(C2CC2)C3)c1. The number of thiophene rings is 1. The van der Waals surface area contributed by atoms with Gasteiger partial charge in [0.05, 0.1) is 34.2 Å². The molecule has 0 radical (unpaired) electrons. The molecule has 7 rings (SSSR count). The molecule has 2 aliphatic carbocycles. The molecule has 2 fully saturated rings. The molecule has 2 N–H and O–H groups in total. The molecule has 1 aliphatic heterocycles. The monoisotopic (exact) mass is 812 g/mol. The Morgan fingerprint density at radius 2 is 1.70 bits per heavy atom. The molecule has 4 aromatic rings. The molecule has 3 heterocycles. The fourth-order valence-electron chi connectivity index (χ4n) is 7.45. The minimum Gasteiger partial charge on any atom is -0.313 e. The van der Waals surface area contributed by atoms with E-state index in [1.165, 1.54) is 46.1 Å². The van der Waals surface area contributed by atoms with Crippen LogP contribution in [0.2, 0.25) is 5.02 Å². The molecule has 2 saturated carbocycles. The van der Waals surface area contributed by atoms with Crippen molar-refractivity contribution in [3.8, 4) is 5.69 Å². The van der Waals surface area contributed by atoms with Gasteiger partial charge in [0.25, 0.3) is 5.91 Å². The topological polar surface area (TPSA) is 168 Å². The van der Waals surface area contributed by atoms with Crippen LogP contribution in [0, 0.1) is 5.92 Å². The highest BCUT2D eigenvalue weighted by Gasteiger charge is 2.37. The van der Waals surface area contributed by atoms with Gasteiger partial charge in [0.1, 0.15) is 5.00 Å². The Morgan fingerprint density at radius 1 is 0.981 bits per heavy atom. The minimum absolute atomic E-state index is 0.0506. The number of amides is 2. The van der Waals surface area contributed by atoms with Crippen molar-refractivity contribution < 1.29 is 31.2 Å². The van der Waals surface area contributed by atoms with Crippen molar-refractivity contribution in [2.24, 2.45) is 5.92 Å². The highest BCUT2D eigenvalue weighted by Crippen LogP contribution is 2.41. The molecule has 2 aromatic heterocycles. The predicted octanol–water partition coefficient (Wildman–Crippen LogP) is 5.24. The fourth-order valence-corrected chi connectivity index (χ4v) is 11.1. The van der Waals surface area contributed by atoms with Gasteiger partial charge in [0.2, 0.25) is 26.0 Å². The maximum atomic E-state index is 14.2. The smallest absolute Gasteiger partial charge is 0.256 e. The molecule has 2 amide bonds. The number of aromatic nitrogens is 2. The summed E-state index contributed by atoms with van der Waals surface area (Å²) in [4.78, 5) is 44.0. The lowest BCUT2D eigenvalue weighted by atomic mass is 9.85. The Bertz CT molecular complexity index is 2310. The average molecular weight is 813 g/mol. The number of rotatable bonds is 12. The Balaban J connectivity index is 1.12. The third kappa shape index (κ3) is 8.19. The molecule has 0 unspecified atom stereocenters. The molecule has 0 atom stereocenters. The van der Waals surface area contributed by atoms with Crippen LogP contribution in [0.25, 0.3) is 5.69 Å². The number of benzene rings is 2. The maximum Gasteiger partial charge on any atom is 0.256 e. The van der Waals surface area contributed by atoms with Crippen LogP contribution in [0.3, 0.4) is 0 Å². The van der Waals surface area contributed by atoms with Gasteiger partial charge in [-0.25, -0.2) is 21.5 Å². The van der Waals surface area contributed by atoms with Gasteiger partial charge in [-0.1, -0.05) is 24.6 Å². The van der Waals surface area contributed by atoms with Crippen molar-refractivity contribution in [1.82, 2.24) is 23.7 Å². The highest BCUT2D eigenvalue weighted by atomic mass is 35.5. The molecule has 13 nitrogen and oxygen atoms in total. The Hall–Kier alpha value is -3.93. The summed E-state index contributed by atoms with van der Waals surface area (Å²) in [5.74, 6) is -1.91. The molecule has 3 aliphatic rings. The zero-order valence-corrected chi connectivity index (χ0v) is 33.0. The summed E-state index contributed by atoms with van der Waals surface area (Å²) in [6.45, 7) is 3.41. The number of carbonyl (C=O) groups is 3. The Labute approximate surface area is 323 Å². The minimum atomic E-state index is -4.05. The van der Waals surface area contributed by atoms with Gasteiger partial charge in [0, 0.05) is 59.3 Å². The second kappa shape index (κ2) is 15.3. The summed E-state index contributed by atoms with van der Waals surface area (Å²) in [6, 6.07) is 13.1. The van der Waals surface area contributed by atoms with Gasteiger partial charge in [-0.15, -0.1) is 11.3 Å². The third-order valence-electron chi connectivity index (χ3n) is 10.3. The molecule has 17 heteroatoms. The number of nitrogens with one attached hydrogen (secondary N) is 2. The van der Waals surface area contributed by atoms with E-state index >= 15 is 0 Å². The van der Waals surface area contributed by atoms with Crippen molar-refractivity contribution in [3.63, 3.8) is 0 Å². The quantitative estimate of drug-likeness (QED) is 0.182. The second-order valence-electron chi connectivity index (χ2n) is 14.1. The van der Waals surface area contributed by atoms with E-state index in [0.717, 1.165) is 41.8 Å². The molecular weight excluding hydrogens is 772 g/mol. The lowest BCUT2D eigenvalue weighted by Crippen LogP contribution is -2.44. The number of hydrogen-bond acceptors (Lipinski definition) is 10. The normalized spacial score (nSPS) is 19.3. The van der Waals surface area contributed by atoms with E-state index in [1.807, 2.05) is 4.72 Å². The van der Waals surface area contributed by atoms with Crippen molar-refractivity contribution >= 4 is 65.6 Å². The van der Waals surface area contributed by atoms with Crippen molar-refractivity contribution in [3.05, 3.63) is 93.1 Å². The van der Waals surface area contributed by atoms with Gasteiger partial charge in [0.15, 0.2) is 5.78 Å².